The highest BCUT2D eigenvalue weighted by atomic mass is 16.6. The fraction of sp³-hybridized carbons (Fsp3) is 0.500. The van der Waals surface area contributed by atoms with Crippen LogP contribution in [0.15, 0.2) is 18.2 Å². The van der Waals surface area contributed by atoms with E-state index in [9.17, 15) is 10.1 Å². The molecule has 0 aromatic heterocycles. The Balaban J connectivity index is 2.54. The lowest BCUT2D eigenvalue weighted by atomic mass is 10.2. The molecule has 5 nitrogen and oxygen atoms in total. The third-order valence-corrected chi connectivity index (χ3v) is 2.63. The van der Waals surface area contributed by atoms with E-state index in [1.54, 1.807) is 12.1 Å². The Morgan fingerprint density at radius 1 is 1.35 bits per heavy atom. The molecule has 5 heteroatoms. The molecule has 0 bridgehead atoms. The van der Waals surface area contributed by atoms with Crippen LogP contribution in [-0.4, -0.2) is 11.5 Å². The number of nitrogens with two attached hydrogens (primary N) is 1. The van der Waals surface area contributed by atoms with Gasteiger partial charge in [0.2, 0.25) is 0 Å². The highest BCUT2D eigenvalue weighted by molar-refractivity contribution is 5.75. The van der Waals surface area contributed by atoms with Gasteiger partial charge in [-0.1, -0.05) is 32.3 Å². The SMILES string of the molecule is CCCCCCNc1cccc([N+](=O)[O-])c1N. The zero-order chi connectivity index (χ0) is 12.7. The van der Waals surface area contributed by atoms with Gasteiger partial charge < -0.3 is 11.1 Å². The molecule has 0 aliphatic rings. The van der Waals surface area contributed by atoms with Crippen LogP contribution >= 0.6 is 0 Å². The number of nitrogen functional groups attached to an aromatic ring is 1. The zero-order valence-corrected chi connectivity index (χ0v) is 10.1. The normalized spacial score (nSPS) is 10.2. The molecule has 0 radical (unpaired) electrons. The highest BCUT2D eigenvalue weighted by Gasteiger charge is 2.13. The third-order valence-electron chi connectivity index (χ3n) is 2.63. The number of unbranched alkanes of at least 4 members (excludes halogenated alkanes) is 3. The maximum atomic E-state index is 10.7. The van der Waals surface area contributed by atoms with Gasteiger partial charge in [-0.05, 0) is 12.5 Å². The molecule has 1 rings (SSSR count). The lowest BCUT2D eigenvalue weighted by molar-refractivity contribution is -0.383. The van der Waals surface area contributed by atoms with E-state index in [0.29, 0.717) is 5.69 Å². The van der Waals surface area contributed by atoms with Crippen molar-refractivity contribution in [2.75, 3.05) is 17.6 Å². The van der Waals surface area contributed by atoms with Crippen LogP contribution in [0, 0.1) is 10.1 Å². The molecular formula is C12H19N3O2. The second-order valence-corrected chi connectivity index (χ2v) is 3.98. The summed E-state index contributed by atoms with van der Waals surface area (Å²) in [6, 6.07) is 4.82. The van der Waals surface area contributed by atoms with Crippen molar-refractivity contribution < 1.29 is 4.92 Å². The smallest absolute Gasteiger partial charge is 0.294 e. The van der Waals surface area contributed by atoms with Crippen molar-refractivity contribution in [2.24, 2.45) is 0 Å². The van der Waals surface area contributed by atoms with E-state index in [4.69, 9.17) is 5.73 Å². The van der Waals surface area contributed by atoms with E-state index in [1.807, 2.05) is 0 Å². The summed E-state index contributed by atoms with van der Waals surface area (Å²) in [6.07, 6.45) is 4.62. The van der Waals surface area contributed by atoms with E-state index in [2.05, 4.69) is 12.2 Å². The number of nitro groups is 1. The second-order valence-electron chi connectivity index (χ2n) is 3.98. The number of nitrogens with one attached hydrogen (secondary N) is 1. The maximum absolute atomic E-state index is 10.7. The quantitative estimate of drug-likeness (QED) is 0.330. The number of nitro benzene ring substituents is 1. The minimum atomic E-state index is -0.461. The Kier molecular flexibility index (Phi) is 5.26. The molecule has 0 aliphatic carbocycles. The van der Waals surface area contributed by atoms with Crippen LogP contribution in [-0.2, 0) is 0 Å². The number of anilines is 2. The van der Waals surface area contributed by atoms with Crippen molar-refractivity contribution in [1.29, 1.82) is 0 Å². The molecule has 0 spiro atoms. The Morgan fingerprint density at radius 3 is 2.76 bits per heavy atom. The van der Waals surface area contributed by atoms with E-state index in [0.717, 1.165) is 13.0 Å². The highest BCUT2D eigenvalue weighted by Crippen LogP contribution is 2.28. The van der Waals surface area contributed by atoms with Crippen LogP contribution in [0.3, 0.4) is 0 Å². The Bertz CT molecular complexity index is 380. The first kappa shape index (κ1) is 13.3. The van der Waals surface area contributed by atoms with Crippen LogP contribution in [0.25, 0.3) is 0 Å². The van der Waals surface area contributed by atoms with Crippen molar-refractivity contribution in [1.82, 2.24) is 0 Å². The van der Waals surface area contributed by atoms with Crippen LogP contribution in [0.1, 0.15) is 32.6 Å². The molecule has 17 heavy (non-hydrogen) atoms. The summed E-state index contributed by atoms with van der Waals surface area (Å²) < 4.78 is 0. The summed E-state index contributed by atoms with van der Waals surface area (Å²) in [5.74, 6) is 0. The predicted molar refractivity (Wildman–Crippen MR) is 70.1 cm³/mol. The first-order chi connectivity index (χ1) is 8.16. The minimum Gasteiger partial charge on any atom is -0.391 e. The monoisotopic (exact) mass is 237 g/mol. The summed E-state index contributed by atoms with van der Waals surface area (Å²) in [7, 11) is 0. The fourth-order valence-electron chi connectivity index (χ4n) is 1.64. The first-order valence-corrected chi connectivity index (χ1v) is 5.93. The molecule has 0 atom stereocenters. The van der Waals surface area contributed by atoms with Gasteiger partial charge in [-0.15, -0.1) is 0 Å². The van der Waals surface area contributed by atoms with Crippen molar-refractivity contribution in [2.45, 2.75) is 32.6 Å². The second kappa shape index (κ2) is 6.73. The number of para-hydroxylation sites is 1. The third kappa shape index (κ3) is 3.94. The summed E-state index contributed by atoms with van der Waals surface area (Å²) in [5, 5.41) is 13.8. The van der Waals surface area contributed by atoms with Gasteiger partial charge >= 0.3 is 0 Å². The van der Waals surface area contributed by atoms with E-state index in [-0.39, 0.29) is 11.4 Å². The fourth-order valence-corrected chi connectivity index (χ4v) is 1.64. The first-order valence-electron chi connectivity index (χ1n) is 5.93. The number of hydrogen-bond acceptors (Lipinski definition) is 4. The molecular weight excluding hydrogens is 218 g/mol. The predicted octanol–water partition coefficient (Wildman–Crippen LogP) is 3.17. The van der Waals surface area contributed by atoms with Crippen LogP contribution in [0.2, 0.25) is 0 Å². The van der Waals surface area contributed by atoms with Crippen molar-refractivity contribution in [3.8, 4) is 0 Å². The molecule has 1 aromatic rings. The van der Waals surface area contributed by atoms with E-state index < -0.39 is 4.92 Å². The molecule has 1 aromatic carbocycles. The van der Waals surface area contributed by atoms with Gasteiger partial charge in [0.05, 0.1) is 10.6 Å². The van der Waals surface area contributed by atoms with Gasteiger partial charge in [0.15, 0.2) is 0 Å². The average Bonchev–Trinajstić information content (AvgIpc) is 2.30. The molecule has 0 saturated carbocycles. The molecule has 3 N–H and O–H groups in total. The largest absolute Gasteiger partial charge is 0.391 e. The van der Waals surface area contributed by atoms with Gasteiger partial charge in [0.1, 0.15) is 5.69 Å². The molecule has 0 heterocycles. The Hall–Kier alpha value is -1.78. The van der Waals surface area contributed by atoms with E-state index >= 15 is 0 Å². The van der Waals surface area contributed by atoms with Gasteiger partial charge in [-0.2, -0.15) is 0 Å². The standard InChI is InChI=1S/C12H19N3O2/c1-2-3-4-5-9-14-10-7-6-8-11(12(10)13)15(16)17/h6-8,14H,2-5,9,13H2,1H3. The molecule has 0 aliphatic heterocycles. The lowest BCUT2D eigenvalue weighted by Gasteiger charge is -2.08. The number of rotatable bonds is 7. The van der Waals surface area contributed by atoms with Gasteiger partial charge in [0, 0.05) is 12.6 Å². The summed E-state index contributed by atoms with van der Waals surface area (Å²) >= 11 is 0. The topological polar surface area (TPSA) is 81.2 Å². The van der Waals surface area contributed by atoms with E-state index in [1.165, 1.54) is 25.3 Å². The number of hydrogen-bond donors (Lipinski definition) is 2. The number of nitrogens with zero attached hydrogens (tertiary/aromatic N) is 1. The lowest BCUT2D eigenvalue weighted by Crippen LogP contribution is -2.05. The average molecular weight is 237 g/mol. The zero-order valence-electron chi connectivity index (χ0n) is 10.1. The number of benzene rings is 1. The van der Waals surface area contributed by atoms with Crippen molar-refractivity contribution >= 4 is 17.1 Å². The molecule has 94 valence electrons. The van der Waals surface area contributed by atoms with Gasteiger partial charge in [-0.3, -0.25) is 10.1 Å². The molecule has 0 unspecified atom stereocenters. The summed E-state index contributed by atoms with van der Waals surface area (Å²) in [6.45, 7) is 2.96. The molecule has 0 saturated heterocycles. The minimum absolute atomic E-state index is 0.0384. The molecule has 0 amide bonds. The summed E-state index contributed by atoms with van der Waals surface area (Å²) in [4.78, 5) is 10.2. The Morgan fingerprint density at radius 2 is 2.12 bits per heavy atom. The Labute approximate surface area is 101 Å². The molecule has 0 fully saturated rings. The van der Waals surface area contributed by atoms with Crippen molar-refractivity contribution in [3.05, 3.63) is 28.3 Å². The van der Waals surface area contributed by atoms with Crippen LogP contribution in [0.5, 0.6) is 0 Å². The van der Waals surface area contributed by atoms with Crippen LogP contribution < -0.4 is 11.1 Å². The maximum Gasteiger partial charge on any atom is 0.294 e. The van der Waals surface area contributed by atoms with Crippen LogP contribution in [0.4, 0.5) is 17.1 Å². The summed E-state index contributed by atoms with van der Waals surface area (Å²) in [5.41, 5.74) is 6.55. The van der Waals surface area contributed by atoms with Gasteiger partial charge in [0.25, 0.3) is 5.69 Å². The van der Waals surface area contributed by atoms with Crippen molar-refractivity contribution in [3.63, 3.8) is 0 Å². The van der Waals surface area contributed by atoms with Gasteiger partial charge in [-0.25, -0.2) is 0 Å².